The molecule has 0 aliphatic carbocycles. The number of aromatic nitrogens is 2. The predicted octanol–water partition coefficient (Wildman–Crippen LogP) is 4.01. The van der Waals surface area contributed by atoms with E-state index in [-0.39, 0.29) is 6.04 Å². The second kappa shape index (κ2) is 7.67. The lowest BCUT2D eigenvalue weighted by Gasteiger charge is -2.22. The molecule has 7 heteroatoms. The summed E-state index contributed by atoms with van der Waals surface area (Å²) in [6, 6.07) is 9.85. The van der Waals surface area contributed by atoms with Crippen LogP contribution < -0.4 is 9.47 Å². The minimum absolute atomic E-state index is 0.00527. The zero-order valence-corrected chi connectivity index (χ0v) is 15.5. The Hall–Kier alpha value is -2.38. The van der Waals surface area contributed by atoms with Gasteiger partial charge in [0.1, 0.15) is 0 Å². The van der Waals surface area contributed by atoms with Crippen molar-refractivity contribution >= 4 is 11.3 Å². The van der Waals surface area contributed by atoms with Gasteiger partial charge in [0.25, 0.3) is 5.89 Å². The molecular formula is C18H21N3O3S. The molecule has 3 rings (SSSR count). The zero-order chi connectivity index (χ0) is 17.8. The quantitative estimate of drug-likeness (QED) is 0.635. The molecule has 132 valence electrons. The third-order valence-corrected chi connectivity index (χ3v) is 4.93. The van der Waals surface area contributed by atoms with Crippen LogP contribution in [0, 0.1) is 0 Å². The molecule has 0 spiro atoms. The standard InChI is InChI=1S/C18H21N3O3S/c1-12(17-19-20-18(24-17)16-6-5-9-25-16)21(2)11-13-7-8-14(22-3)15(10-13)23-4/h5-10,12H,11H2,1-4H3/t12-/m0/s1. The fourth-order valence-electron chi connectivity index (χ4n) is 2.50. The summed E-state index contributed by atoms with van der Waals surface area (Å²) in [6.45, 7) is 2.77. The molecule has 3 aromatic rings. The molecule has 6 nitrogen and oxygen atoms in total. The van der Waals surface area contributed by atoms with Crippen molar-refractivity contribution in [3.63, 3.8) is 0 Å². The van der Waals surface area contributed by atoms with Gasteiger partial charge in [-0.1, -0.05) is 12.1 Å². The van der Waals surface area contributed by atoms with Crippen LogP contribution in [0.15, 0.2) is 40.1 Å². The van der Waals surface area contributed by atoms with Crippen molar-refractivity contribution in [1.29, 1.82) is 0 Å². The summed E-state index contributed by atoms with van der Waals surface area (Å²) in [5.41, 5.74) is 1.12. The van der Waals surface area contributed by atoms with Crippen molar-refractivity contribution in [1.82, 2.24) is 15.1 Å². The largest absolute Gasteiger partial charge is 0.493 e. The van der Waals surface area contributed by atoms with Gasteiger partial charge >= 0.3 is 0 Å². The third-order valence-electron chi connectivity index (χ3n) is 4.07. The van der Waals surface area contributed by atoms with E-state index >= 15 is 0 Å². The van der Waals surface area contributed by atoms with Crippen LogP contribution in [0.2, 0.25) is 0 Å². The average molecular weight is 359 g/mol. The first-order valence-electron chi connectivity index (χ1n) is 7.90. The molecule has 1 atom stereocenters. The molecule has 2 heterocycles. The van der Waals surface area contributed by atoms with E-state index in [9.17, 15) is 0 Å². The highest BCUT2D eigenvalue weighted by Gasteiger charge is 2.20. The number of hydrogen-bond donors (Lipinski definition) is 0. The lowest BCUT2D eigenvalue weighted by molar-refractivity contribution is 0.217. The van der Waals surface area contributed by atoms with Crippen molar-refractivity contribution in [3.05, 3.63) is 47.2 Å². The Morgan fingerprint density at radius 1 is 1.16 bits per heavy atom. The normalized spacial score (nSPS) is 12.4. The van der Waals surface area contributed by atoms with Gasteiger partial charge in [-0.15, -0.1) is 21.5 Å². The second-order valence-corrected chi connectivity index (χ2v) is 6.65. The topological polar surface area (TPSA) is 60.6 Å². The van der Waals surface area contributed by atoms with Crippen LogP contribution in [-0.2, 0) is 6.54 Å². The molecule has 0 radical (unpaired) electrons. The van der Waals surface area contributed by atoms with Crippen molar-refractivity contribution in [2.45, 2.75) is 19.5 Å². The molecule has 0 unspecified atom stereocenters. The lowest BCUT2D eigenvalue weighted by Crippen LogP contribution is -2.22. The third kappa shape index (κ3) is 3.83. The molecule has 0 amide bonds. The molecule has 1 aromatic carbocycles. The van der Waals surface area contributed by atoms with Crippen molar-refractivity contribution in [2.24, 2.45) is 0 Å². The highest BCUT2D eigenvalue weighted by atomic mass is 32.1. The Morgan fingerprint density at radius 2 is 1.96 bits per heavy atom. The van der Waals surface area contributed by atoms with E-state index in [4.69, 9.17) is 13.9 Å². The summed E-state index contributed by atoms with van der Waals surface area (Å²) < 4.78 is 16.5. The number of ether oxygens (including phenoxy) is 2. The van der Waals surface area contributed by atoms with Gasteiger partial charge in [0.05, 0.1) is 25.1 Å². The molecule has 0 aliphatic heterocycles. The van der Waals surface area contributed by atoms with Gasteiger partial charge in [-0.2, -0.15) is 0 Å². The Bertz CT molecular complexity index is 817. The van der Waals surface area contributed by atoms with Crippen LogP contribution in [0.25, 0.3) is 10.8 Å². The van der Waals surface area contributed by atoms with E-state index < -0.39 is 0 Å². The van der Waals surface area contributed by atoms with Crippen molar-refractivity contribution in [2.75, 3.05) is 21.3 Å². The van der Waals surface area contributed by atoms with Crippen LogP contribution in [0.3, 0.4) is 0 Å². The molecule has 0 saturated heterocycles. The Morgan fingerprint density at radius 3 is 2.64 bits per heavy atom. The van der Waals surface area contributed by atoms with Gasteiger partial charge in [-0.25, -0.2) is 0 Å². The van der Waals surface area contributed by atoms with Crippen LogP contribution >= 0.6 is 11.3 Å². The van der Waals surface area contributed by atoms with E-state index in [1.807, 2.05) is 49.7 Å². The summed E-state index contributed by atoms with van der Waals surface area (Å²) in [4.78, 5) is 3.13. The van der Waals surface area contributed by atoms with E-state index in [0.717, 1.165) is 28.5 Å². The molecule has 2 aromatic heterocycles. The fraction of sp³-hybridized carbons (Fsp3) is 0.333. The van der Waals surface area contributed by atoms with E-state index in [1.54, 1.807) is 25.6 Å². The Labute approximate surface area is 151 Å². The van der Waals surface area contributed by atoms with Gasteiger partial charge in [-0.05, 0) is 43.1 Å². The van der Waals surface area contributed by atoms with E-state index in [2.05, 4.69) is 15.1 Å². The molecule has 25 heavy (non-hydrogen) atoms. The SMILES string of the molecule is COc1ccc(CN(C)[C@@H](C)c2nnc(-c3cccs3)o2)cc1OC. The number of methoxy groups -OCH3 is 2. The van der Waals surface area contributed by atoms with Crippen molar-refractivity contribution < 1.29 is 13.9 Å². The smallest absolute Gasteiger partial charge is 0.257 e. The first-order valence-corrected chi connectivity index (χ1v) is 8.78. The minimum Gasteiger partial charge on any atom is -0.493 e. The summed E-state index contributed by atoms with van der Waals surface area (Å²) in [6.07, 6.45) is 0. The van der Waals surface area contributed by atoms with Gasteiger partial charge in [0.2, 0.25) is 5.89 Å². The first kappa shape index (κ1) is 17.4. The molecule has 0 aliphatic rings. The summed E-state index contributed by atoms with van der Waals surface area (Å²) in [7, 11) is 5.29. The molecule has 0 bridgehead atoms. The minimum atomic E-state index is -0.00527. The molecule has 0 N–H and O–H groups in total. The maximum absolute atomic E-state index is 5.83. The van der Waals surface area contributed by atoms with Crippen LogP contribution in [-0.4, -0.2) is 36.4 Å². The van der Waals surface area contributed by atoms with E-state index in [1.165, 1.54) is 0 Å². The summed E-state index contributed by atoms with van der Waals surface area (Å²) in [5, 5.41) is 10.3. The van der Waals surface area contributed by atoms with Crippen LogP contribution in [0.4, 0.5) is 0 Å². The first-order chi connectivity index (χ1) is 12.1. The van der Waals surface area contributed by atoms with Gasteiger partial charge in [0, 0.05) is 6.54 Å². The number of nitrogens with zero attached hydrogens (tertiary/aromatic N) is 3. The maximum Gasteiger partial charge on any atom is 0.257 e. The second-order valence-electron chi connectivity index (χ2n) is 5.70. The fourth-order valence-corrected chi connectivity index (χ4v) is 3.14. The van der Waals surface area contributed by atoms with Gasteiger partial charge in [0.15, 0.2) is 11.5 Å². The summed E-state index contributed by atoms with van der Waals surface area (Å²) >= 11 is 1.58. The number of thiophene rings is 1. The van der Waals surface area contributed by atoms with Crippen LogP contribution in [0.5, 0.6) is 11.5 Å². The van der Waals surface area contributed by atoms with E-state index in [0.29, 0.717) is 11.8 Å². The van der Waals surface area contributed by atoms with Gasteiger partial charge < -0.3 is 13.9 Å². The molecular weight excluding hydrogens is 338 g/mol. The highest BCUT2D eigenvalue weighted by Crippen LogP contribution is 2.30. The Kier molecular flexibility index (Phi) is 5.35. The number of hydrogen-bond acceptors (Lipinski definition) is 7. The average Bonchev–Trinajstić information content (AvgIpc) is 3.32. The number of rotatable bonds is 7. The maximum atomic E-state index is 5.83. The highest BCUT2D eigenvalue weighted by molar-refractivity contribution is 7.13. The summed E-state index contributed by atoms with van der Waals surface area (Å²) in [5.74, 6) is 2.61. The molecule has 0 fully saturated rings. The monoisotopic (exact) mass is 359 g/mol. The lowest BCUT2D eigenvalue weighted by atomic mass is 10.1. The van der Waals surface area contributed by atoms with Crippen molar-refractivity contribution in [3.8, 4) is 22.3 Å². The molecule has 0 saturated carbocycles. The zero-order valence-electron chi connectivity index (χ0n) is 14.7. The number of benzene rings is 1. The van der Waals surface area contributed by atoms with Gasteiger partial charge in [-0.3, -0.25) is 4.90 Å². The van der Waals surface area contributed by atoms with Crippen LogP contribution in [0.1, 0.15) is 24.4 Å². The Balaban J connectivity index is 1.71. The predicted molar refractivity (Wildman–Crippen MR) is 97.0 cm³/mol.